The summed E-state index contributed by atoms with van der Waals surface area (Å²) in [5.74, 6) is 0.189. The minimum atomic E-state index is -0.414. The molecule has 0 radical (unpaired) electrons. The maximum Gasteiger partial charge on any atom is 0.271 e. The lowest BCUT2D eigenvalue weighted by Gasteiger charge is -2.07. The predicted octanol–water partition coefficient (Wildman–Crippen LogP) is 5.63. The van der Waals surface area contributed by atoms with Crippen molar-refractivity contribution in [2.75, 3.05) is 5.32 Å². The minimum Gasteiger partial charge on any atom is -0.457 e. The highest BCUT2D eigenvalue weighted by atomic mass is 19.1. The van der Waals surface area contributed by atoms with Gasteiger partial charge in [0.25, 0.3) is 11.8 Å². The highest BCUT2D eigenvalue weighted by Crippen LogP contribution is 2.21. The maximum atomic E-state index is 13.0. The van der Waals surface area contributed by atoms with Crippen LogP contribution in [0.25, 0.3) is 0 Å². The molecule has 0 aliphatic heterocycles. The van der Waals surface area contributed by atoms with E-state index in [0.29, 0.717) is 22.6 Å². The lowest BCUT2D eigenvalue weighted by Crippen LogP contribution is -2.17. The number of carbonyl (C=O) groups is 2. The fourth-order valence-electron chi connectivity index (χ4n) is 3.02. The molecule has 0 unspecified atom stereocenters. The first-order chi connectivity index (χ1) is 16.6. The van der Waals surface area contributed by atoms with Crippen LogP contribution < -0.4 is 15.5 Å². The Hall–Kier alpha value is -4.78. The molecule has 0 spiro atoms. The van der Waals surface area contributed by atoms with Crippen LogP contribution in [0.5, 0.6) is 11.5 Å². The zero-order chi connectivity index (χ0) is 23.8. The first-order valence-corrected chi connectivity index (χ1v) is 10.4. The highest BCUT2D eigenvalue weighted by Gasteiger charge is 2.08. The van der Waals surface area contributed by atoms with Crippen LogP contribution in [0.2, 0.25) is 0 Å². The molecule has 4 rings (SSSR count). The van der Waals surface area contributed by atoms with Gasteiger partial charge < -0.3 is 10.1 Å². The Balaban J connectivity index is 1.32. The number of hydrazone groups is 1. The second kappa shape index (κ2) is 10.7. The molecule has 4 aromatic carbocycles. The molecule has 2 N–H and O–H groups in total. The molecule has 0 atom stereocenters. The maximum absolute atomic E-state index is 13.0. The average Bonchev–Trinajstić information content (AvgIpc) is 2.86. The van der Waals surface area contributed by atoms with E-state index in [0.717, 1.165) is 11.3 Å². The van der Waals surface area contributed by atoms with Gasteiger partial charge in [-0.25, -0.2) is 9.82 Å². The topological polar surface area (TPSA) is 79.8 Å². The summed E-state index contributed by atoms with van der Waals surface area (Å²) in [5, 5.41) is 6.70. The van der Waals surface area contributed by atoms with Crippen molar-refractivity contribution in [1.82, 2.24) is 5.43 Å². The van der Waals surface area contributed by atoms with E-state index in [4.69, 9.17) is 4.74 Å². The molecule has 34 heavy (non-hydrogen) atoms. The van der Waals surface area contributed by atoms with Gasteiger partial charge in [0.15, 0.2) is 0 Å². The molecule has 2 amide bonds. The van der Waals surface area contributed by atoms with E-state index in [2.05, 4.69) is 15.8 Å². The number of amides is 2. The molecule has 7 heteroatoms. The van der Waals surface area contributed by atoms with Gasteiger partial charge in [0.2, 0.25) is 0 Å². The summed E-state index contributed by atoms with van der Waals surface area (Å²) in [6.07, 6.45) is 1.52. The first-order valence-electron chi connectivity index (χ1n) is 10.4. The number of rotatable bonds is 7. The van der Waals surface area contributed by atoms with Crippen LogP contribution in [0.15, 0.2) is 108 Å². The van der Waals surface area contributed by atoms with E-state index < -0.39 is 11.7 Å². The van der Waals surface area contributed by atoms with Gasteiger partial charge in [0.05, 0.1) is 6.21 Å². The molecule has 0 fully saturated rings. The Labute approximate surface area is 195 Å². The van der Waals surface area contributed by atoms with Gasteiger partial charge >= 0.3 is 0 Å². The quantitative estimate of drug-likeness (QED) is 0.281. The number of para-hydroxylation sites is 1. The second-order valence-electron chi connectivity index (χ2n) is 7.23. The predicted molar refractivity (Wildman–Crippen MR) is 129 cm³/mol. The summed E-state index contributed by atoms with van der Waals surface area (Å²) in [5.41, 5.74) is 4.44. The second-order valence-corrected chi connectivity index (χ2v) is 7.23. The van der Waals surface area contributed by atoms with Crippen molar-refractivity contribution in [2.45, 2.75) is 0 Å². The molecule has 6 nitrogen and oxygen atoms in total. The summed E-state index contributed by atoms with van der Waals surface area (Å²) < 4.78 is 18.8. The SMILES string of the molecule is O=C(N/N=C/c1cccc(Oc2ccccc2)c1)c1ccc(NC(=O)c2ccc(F)cc2)cc1. The molecule has 0 aliphatic rings. The van der Waals surface area contributed by atoms with Crippen LogP contribution in [0.1, 0.15) is 26.3 Å². The van der Waals surface area contributed by atoms with Crippen molar-refractivity contribution < 1.29 is 18.7 Å². The first kappa shape index (κ1) is 22.4. The summed E-state index contributed by atoms with van der Waals surface area (Å²) in [6, 6.07) is 28.3. The number of hydrogen-bond donors (Lipinski definition) is 2. The van der Waals surface area contributed by atoms with E-state index in [-0.39, 0.29) is 5.91 Å². The third-order valence-electron chi connectivity index (χ3n) is 4.73. The minimum absolute atomic E-state index is 0.329. The molecular formula is C27H20FN3O3. The number of nitrogens with one attached hydrogen (secondary N) is 2. The van der Waals surface area contributed by atoms with Gasteiger partial charge in [0, 0.05) is 16.8 Å². The molecule has 168 valence electrons. The fourth-order valence-corrected chi connectivity index (χ4v) is 3.02. The van der Waals surface area contributed by atoms with Gasteiger partial charge in [-0.3, -0.25) is 9.59 Å². The van der Waals surface area contributed by atoms with Crippen molar-refractivity contribution in [3.63, 3.8) is 0 Å². The largest absolute Gasteiger partial charge is 0.457 e. The van der Waals surface area contributed by atoms with Crippen LogP contribution in [0.4, 0.5) is 10.1 Å². The molecule has 4 aromatic rings. The van der Waals surface area contributed by atoms with Crippen LogP contribution in [0.3, 0.4) is 0 Å². The van der Waals surface area contributed by atoms with E-state index >= 15 is 0 Å². The van der Waals surface area contributed by atoms with Gasteiger partial charge in [-0.2, -0.15) is 5.10 Å². The fraction of sp³-hybridized carbons (Fsp3) is 0. The van der Waals surface area contributed by atoms with Gasteiger partial charge in [-0.1, -0.05) is 30.3 Å². The third kappa shape index (κ3) is 6.14. The molecule has 0 saturated carbocycles. The zero-order valence-corrected chi connectivity index (χ0v) is 17.9. The lowest BCUT2D eigenvalue weighted by molar-refractivity contribution is 0.0954. The van der Waals surface area contributed by atoms with Crippen molar-refractivity contribution in [3.05, 3.63) is 126 Å². The zero-order valence-electron chi connectivity index (χ0n) is 17.9. The number of anilines is 1. The van der Waals surface area contributed by atoms with Crippen LogP contribution in [-0.2, 0) is 0 Å². The Bertz CT molecular complexity index is 1310. The average molecular weight is 453 g/mol. The molecule has 0 aliphatic carbocycles. The molecule has 0 heterocycles. The number of nitrogens with zero attached hydrogens (tertiary/aromatic N) is 1. The van der Waals surface area contributed by atoms with Gasteiger partial charge in [-0.15, -0.1) is 0 Å². The van der Waals surface area contributed by atoms with Gasteiger partial charge in [0.1, 0.15) is 17.3 Å². The summed E-state index contributed by atoms with van der Waals surface area (Å²) in [6.45, 7) is 0. The third-order valence-corrected chi connectivity index (χ3v) is 4.73. The van der Waals surface area contributed by atoms with Crippen molar-refractivity contribution in [3.8, 4) is 11.5 Å². The summed E-state index contributed by atoms with van der Waals surface area (Å²) >= 11 is 0. The van der Waals surface area contributed by atoms with Crippen molar-refractivity contribution in [2.24, 2.45) is 5.10 Å². The number of benzene rings is 4. The number of carbonyl (C=O) groups excluding carboxylic acids is 2. The smallest absolute Gasteiger partial charge is 0.271 e. The lowest BCUT2D eigenvalue weighted by atomic mass is 10.1. The Morgan fingerprint density at radius 2 is 1.38 bits per heavy atom. The van der Waals surface area contributed by atoms with Crippen molar-refractivity contribution in [1.29, 1.82) is 0 Å². The Morgan fingerprint density at radius 1 is 0.735 bits per heavy atom. The summed E-state index contributed by atoms with van der Waals surface area (Å²) in [7, 11) is 0. The highest BCUT2D eigenvalue weighted by molar-refractivity contribution is 6.04. The monoisotopic (exact) mass is 453 g/mol. The Kier molecular flexibility index (Phi) is 7.05. The normalized spacial score (nSPS) is 10.6. The van der Waals surface area contributed by atoms with Crippen LogP contribution in [0, 0.1) is 5.82 Å². The summed E-state index contributed by atoms with van der Waals surface area (Å²) in [4.78, 5) is 24.6. The Morgan fingerprint density at radius 3 is 2.12 bits per heavy atom. The van der Waals surface area contributed by atoms with E-state index in [1.54, 1.807) is 30.3 Å². The van der Waals surface area contributed by atoms with E-state index in [9.17, 15) is 14.0 Å². The molecule has 0 aromatic heterocycles. The molecule has 0 saturated heterocycles. The van der Waals surface area contributed by atoms with Crippen LogP contribution >= 0.6 is 0 Å². The number of halogens is 1. The number of hydrogen-bond acceptors (Lipinski definition) is 4. The van der Waals surface area contributed by atoms with Crippen molar-refractivity contribution >= 4 is 23.7 Å². The van der Waals surface area contributed by atoms with Crippen LogP contribution in [-0.4, -0.2) is 18.0 Å². The molecular weight excluding hydrogens is 433 g/mol. The van der Waals surface area contributed by atoms with E-state index in [1.807, 2.05) is 48.5 Å². The standard InChI is InChI=1S/C27H20FN3O3/c28-22-13-9-20(10-14-22)26(32)30-23-15-11-21(12-16-23)27(33)31-29-18-19-5-4-8-25(17-19)34-24-6-2-1-3-7-24/h1-18H,(H,30,32)(H,31,33)/b29-18+. The van der Waals surface area contributed by atoms with E-state index in [1.165, 1.54) is 30.5 Å². The number of ether oxygens (including phenoxy) is 1. The van der Waals surface area contributed by atoms with Gasteiger partial charge in [-0.05, 0) is 78.4 Å². The molecule has 0 bridgehead atoms.